The van der Waals surface area contributed by atoms with E-state index in [-0.39, 0.29) is 23.9 Å². The molecule has 0 aliphatic carbocycles. The number of ether oxygens (including phenoxy) is 1. The second kappa shape index (κ2) is 15.7. The molecule has 0 saturated heterocycles. The fourth-order valence-electron chi connectivity index (χ4n) is 3.25. The third-order valence-corrected chi connectivity index (χ3v) is 6.00. The molecule has 5 N–H and O–H groups in total. The van der Waals surface area contributed by atoms with Gasteiger partial charge < -0.3 is 25.8 Å². The summed E-state index contributed by atoms with van der Waals surface area (Å²) >= 11 is 0.924. The number of carboxylic acids is 1. The summed E-state index contributed by atoms with van der Waals surface area (Å²) in [5.41, 5.74) is 1.07. The number of hydrogen-bond acceptors (Lipinski definition) is 10. The van der Waals surface area contributed by atoms with Crippen molar-refractivity contribution in [1.82, 2.24) is 25.9 Å². The number of nitrogens with one attached hydrogen (secondary N) is 4. The first-order chi connectivity index (χ1) is 20.9. The van der Waals surface area contributed by atoms with Crippen LogP contribution in [0.15, 0.2) is 65.2 Å². The molecule has 232 valence electrons. The van der Waals surface area contributed by atoms with Crippen LogP contribution in [-0.2, 0) is 32.2 Å². The van der Waals surface area contributed by atoms with Gasteiger partial charge in [-0.25, -0.2) is 19.6 Å². The van der Waals surface area contributed by atoms with Crippen LogP contribution in [0.5, 0.6) is 0 Å². The monoisotopic (exact) mass is 635 g/mol. The molecule has 44 heavy (non-hydrogen) atoms. The van der Waals surface area contributed by atoms with E-state index in [4.69, 9.17) is 0 Å². The predicted molar refractivity (Wildman–Crippen MR) is 148 cm³/mol. The molecule has 0 radical (unpaired) electrons. The number of esters is 1. The van der Waals surface area contributed by atoms with Gasteiger partial charge >= 0.3 is 24.1 Å². The summed E-state index contributed by atoms with van der Waals surface area (Å²) in [5.74, 6) is -7.15. The van der Waals surface area contributed by atoms with Crippen LogP contribution in [0.2, 0.25) is 0 Å². The van der Waals surface area contributed by atoms with Crippen LogP contribution in [0.3, 0.4) is 0 Å². The molecular weight excluding hydrogens is 611 g/mol. The van der Waals surface area contributed by atoms with E-state index in [0.29, 0.717) is 5.56 Å². The van der Waals surface area contributed by atoms with Gasteiger partial charge in [0.05, 0.1) is 19.5 Å². The maximum absolute atomic E-state index is 12.9. The van der Waals surface area contributed by atoms with Crippen molar-refractivity contribution >= 4 is 52.2 Å². The largest absolute Gasteiger partial charge is 0.491 e. The topological polar surface area (TPSA) is 201 Å². The molecule has 4 amide bonds. The molecule has 3 rings (SSSR count). The van der Waals surface area contributed by atoms with E-state index in [1.807, 2.05) is 30.3 Å². The van der Waals surface area contributed by atoms with Gasteiger partial charge in [0.2, 0.25) is 11.8 Å². The number of anilines is 1. The molecule has 0 bridgehead atoms. The highest BCUT2D eigenvalue weighted by Crippen LogP contribution is 2.18. The van der Waals surface area contributed by atoms with Crippen LogP contribution in [0, 0.1) is 0 Å². The highest BCUT2D eigenvalue weighted by molar-refractivity contribution is 7.14. The number of benzene rings is 1. The number of urea groups is 1. The Hall–Kier alpha value is -5.39. The molecule has 18 heteroatoms. The average molecular weight is 636 g/mol. The smallest absolute Gasteiger partial charge is 0.481 e. The first-order valence-electron chi connectivity index (χ1n) is 12.5. The van der Waals surface area contributed by atoms with Gasteiger partial charge in [-0.2, -0.15) is 13.2 Å². The van der Waals surface area contributed by atoms with Gasteiger partial charge in [0.25, 0.3) is 5.91 Å². The number of carbonyl (C=O) groups is 5. The van der Waals surface area contributed by atoms with Crippen molar-refractivity contribution in [3.63, 3.8) is 0 Å². The summed E-state index contributed by atoms with van der Waals surface area (Å²) < 4.78 is 43.0. The van der Waals surface area contributed by atoms with Gasteiger partial charge in [-0.3, -0.25) is 24.7 Å². The van der Waals surface area contributed by atoms with E-state index < -0.39 is 60.9 Å². The summed E-state index contributed by atoms with van der Waals surface area (Å²) in [4.78, 5) is 71.6. The summed E-state index contributed by atoms with van der Waals surface area (Å²) in [6.07, 6.45) is -3.70. The van der Waals surface area contributed by atoms with Gasteiger partial charge in [0.1, 0.15) is 11.7 Å². The summed E-state index contributed by atoms with van der Waals surface area (Å²) in [7, 11) is 0. The average Bonchev–Trinajstić information content (AvgIpc) is 3.45. The molecular formula is C26H24F3N7O7S. The number of halogens is 3. The Kier molecular flexibility index (Phi) is 11.8. The zero-order valence-electron chi connectivity index (χ0n) is 22.5. The minimum atomic E-state index is -5.44. The van der Waals surface area contributed by atoms with Crippen LogP contribution in [0.25, 0.3) is 0 Å². The van der Waals surface area contributed by atoms with Crippen molar-refractivity contribution < 1.29 is 47.0 Å². The first kappa shape index (κ1) is 33.1. The number of aliphatic carboxylic acids is 1. The van der Waals surface area contributed by atoms with E-state index in [1.54, 1.807) is 0 Å². The van der Waals surface area contributed by atoms with E-state index in [1.165, 1.54) is 29.9 Å². The SMILES string of the molecule is O=C(O)C[C@H](NC(=O)CNC(=O)c1csc(NC(=O)NCc2ccccc2)n1)C(=NCc1cccnc1)OC(=O)C(F)(F)F. The molecule has 1 aromatic carbocycles. The number of carboxylic acid groups (broad SMARTS) is 1. The number of aliphatic imine (C=N–C) groups is 1. The Bertz CT molecular complexity index is 1500. The minimum absolute atomic E-state index is 0.0765. The second-order valence-electron chi connectivity index (χ2n) is 8.63. The predicted octanol–water partition coefficient (Wildman–Crippen LogP) is 2.25. The molecule has 2 aromatic heterocycles. The fraction of sp³-hybridized carbons (Fsp3) is 0.231. The molecule has 0 unspecified atom stereocenters. The van der Waals surface area contributed by atoms with Gasteiger partial charge in [0.15, 0.2) is 5.13 Å². The number of pyridine rings is 1. The molecule has 0 aliphatic rings. The Morgan fingerprint density at radius 2 is 1.75 bits per heavy atom. The number of rotatable bonds is 12. The van der Waals surface area contributed by atoms with Crippen molar-refractivity contribution in [2.75, 3.05) is 11.9 Å². The molecule has 2 heterocycles. The fourth-order valence-corrected chi connectivity index (χ4v) is 3.94. The number of thiazole rings is 1. The van der Waals surface area contributed by atoms with Crippen LogP contribution in [0.1, 0.15) is 28.0 Å². The van der Waals surface area contributed by atoms with Crippen molar-refractivity contribution in [3.05, 3.63) is 77.1 Å². The summed E-state index contributed by atoms with van der Waals surface area (Å²) in [5, 5.41) is 20.0. The third kappa shape index (κ3) is 11.1. The Morgan fingerprint density at radius 3 is 2.41 bits per heavy atom. The number of carbonyl (C=O) groups excluding carboxylic acids is 4. The van der Waals surface area contributed by atoms with E-state index in [9.17, 15) is 42.3 Å². The summed E-state index contributed by atoms with van der Waals surface area (Å²) in [6, 6.07) is 9.71. The lowest BCUT2D eigenvalue weighted by Gasteiger charge is -2.19. The lowest BCUT2D eigenvalue weighted by atomic mass is 10.2. The highest BCUT2D eigenvalue weighted by atomic mass is 32.1. The van der Waals surface area contributed by atoms with Gasteiger partial charge in [-0.1, -0.05) is 36.4 Å². The molecule has 1 atom stereocenters. The molecule has 0 fully saturated rings. The lowest BCUT2D eigenvalue weighted by Crippen LogP contribution is -2.48. The van der Waals surface area contributed by atoms with Crippen LogP contribution >= 0.6 is 11.3 Å². The van der Waals surface area contributed by atoms with Crippen LogP contribution < -0.4 is 21.3 Å². The molecule has 0 aliphatic heterocycles. The number of alkyl halides is 3. The maximum atomic E-state index is 12.9. The number of aromatic nitrogens is 2. The van der Waals surface area contributed by atoms with Crippen molar-refractivity contribution in [2.45, 2.75) is 31.7 Å². The Balaban J connectivity index is 1.60. The maximum Gasteiger partial charge on any atom is 0.491 e. The zero-order valence-corrected chi connectivity index (χ0v) is 23.3. The summed E-state index contributed by atoms with van der Waals surface area (Å²) in [6.45, 7) is -0.883. The van der Waals surface area contributed by atoms with Crippen LogP contribution in [-0.4, -0.2) is 69.5 Å². The van der Waals surface area contributed by atoms with Gasteiger partial charge in [-0.05, 0) is 17.2 Å². The zero-order chi connectivity index (χ0) is 32.1. The lowest BCUT2D eigenvalue weighted by molar-refractivity contribution is -0.191. The van der Waals surface area contributed by atoms with Crippen molar-refractivity contribution in [3.8, 4) is 0 Å². The molecule has 0 saturated carbocycles. The highest BCUT2D eigenvalue weighted by Gasteiger charge is 2.43. The second-order valence-corrected chi connectivity index (χ2v) is 9.49. The minimum Gasteiger partial charge on any atom is -0.481 e. The van der Waals surface area contributed by atoms with Crippen molar-refractivity contribution in [1.29, 1.82) is 0 Å². The standard InChI is InChI=1S/C26H24F3N7O7S/c27-26(28,29)23(41)43-22(32-12-16-7-4-8-30-10-16)17(9-20(38)39)34-19(37)13-31-21(40)18-14-44-25(35-18)36-24(42)33-11-15-5-2-1-3-6-15/h1-8,10,14,17H,9,11-13H2,(H,31,40)(H,34,37)(H,38,39)(H2,33,35,36,42)/t17-/m0/s1. The first-order valence-corrected chi connectivity index (χ1v) is 13.3. The molecule has 0 spiro atoms. The Morgan fingerprint density at radius 1 is 1.02 bits per heavy atom. The number of amides is 4. The quantitative estimate of drug-likeness (QED) is 0.112. The normalized spacial score (nSPS) is 12.0. The third-order valence-electron chi connectivity index (χ3n) is 5.24. The van der Waals surface area contributed by atoms with E-state index >= 15 is 0 Å². The van der Waals surface area contributed by atoms with Crippen molar-refractivity contribution in [2.24, 2.45) is 4.99 Å². The number of hydrogen-bond donors (Lipinski definition) is 5. The van der Waals surface area contributed by atoms with Gasteiger partial charge in [-0.15, -0.1) is 11.3 Å². The number of nitrogens with zero attached hydrogens (tertiary/aromatic N) is 3. The van der Waals surface area contributed by atoms with E-state index in [0.717, 1.165) is 16.9 Å². The molecule has 14 nitrogen and oxygen atoms in total. The van der Waals surface area contributed by atoms with Gasteiger partial charge in [0, 0.05) is 24.3 Å². The van der Waals surface area contributed by atoms with E-state index in [2.05, 4.69) is 41.0 Å². The van der Waals surface area contributed by atoms with Crippen LogP contribution in [0.4, 0.5) is 23.1 Å². The Labute approximate surface area is 250 Å². The molecule has 3 aromatic rings.